The van der Waals surface area contributed by atoms with Crippen LogP contribution in [0.4, 0.5) is 13.2 Å². The molecule has 0 aliphatic rings. The van der Waals surface area contributed by atoms with Crippen molar-refractivity contribution in [3.8, 4) is 0 Å². The van der Waals surface area contributed by atoms with E-state index in [-0.39, 0.29) is 29.8 Å². The van der Waals surface area contributed by atoms with Crippen molar-refractivity contribution in [2.24, 2.45) is 0 Å². The summed E-state index contributed by atoms with van der Waals surface area (Å²) < 4.78 is 61.3. The van der Waals surface area contributed by atoms with Crippen molar-refractivity contribution in [3.05, 3.63) is 35.4 Å². The Morgan fingerprint density at radius 3 is 2.24 bits per heavy atom. The lowest BCUT2D eigenvalue weighted by atomic mass is 10.1. The van der Waals surface area contributed by atoms with E-state index in [1.54, 1.807) is 31.3 Å². The highest BCUT2D eigenvalue weighted by Crippen LogP contribution is 2.29. The van der Waals surface area contributed by atoms with Gasteiger partial charge in [-0.2, -0.15) is 13.2 Å². The molecule has 1 rings (SSSR count). The maximum Gasteiger partial charge on any atom is 0.441 e. The summed E-state index contributed by atoms with van der Waals surface area (Å²) in [6, 6.07) is 6.99. The van der Waals surface area contributed by atoms with Crippen LogP contribution < -0.4 is 10.0 Å². The maximum absolute atomic E-state index is 11.9. The SMILES string of the molecule is CNCc1ccc(CS(=O)(=O)NCCSC(F)(F)F)cc1. The Morgan fingerprint density at radius 1 is 1.14 bits per heavy atom. The van der Waals surface area contributed by atoms with Gasteiger partial charge in [-0.15, -0.1) is 0 Å². The zero-order valence-corrected chi connectivity index (χ0v) is 13.0. The van der Waals surface area contributed by atoms with Gasteiger partial charge in [0.15, 0.2) is 0 Å². The Hall–Kier alpha value is -0.770. The molecule has 1 aromatic carbocycles. The van der Waals surface area contributed by atoms with Crippen LogP contribution in [-0.2, 0) is 22.3 Å². The van der Waals surface area contributed by atoms with Crippen LogP contribution in [0.3, 0.4) is 0 Å². The van der Waals surface area contributed by atoms with Crippen molar-refractivity contribution in [1.82, 2.24) is 10.0 Å². The first-order chi connectivity index (χ1) is 9.72. The van der Waals surface area contributed by atoms with E-state index in [4.69, 9.17) is 0 Å². The summed E-state index contributed by atoms with van der Waals surface area (Å²) in [5, 5.41) is 2.97. The summed E-state index contributed by atoms with van der Waals surface area (Å²) in [6.07, 6.45) is 0. The molecular weight excluding hydrogens is 325 g/mol. The molecule has 0 saturated heterocycles. The topological polar surface area (TPSA) is 58.2 Å². The quantitative estimate of drug-likeness (QED) is 0.710. The highest BCUT2D eigenvalue weighted by Gasteiger charge is 2.27. The highest BCUT2D eigenvalue weighted by molar-refractivity contribution is 8.00. The molecule has 21 heavy (non-hydrogen) atoms. The van der Waals surface area contributed by atoms with Gasteiger partial charge in [0.05, 0.1) is 5.75 Å². The number of hydrogen-bond acceptors (Lipinski definition) is 4. The summed E-state index contributed by atoms with van der Waals surface area (Å²) in [5.74, 6) is -0.590. The van der Waals surface area contributed by atoms with E-state index in [1.807, 2.05) is 0 Å². The van der Waals surface area contributed by atoms with E-state index in [9.17, 15) is 21.6 Å². The van der Waals surface area contributed by atoms with Crippen LogP contribution in [0, 0.1) is 0 Å². The highest BCUT2D eigenvalue weighted by atomic mass is 32.2. The molecule has 0 fully saturated rings. The molecule has 2 N–H and O–H groups in total. The predicted molar refractivity (Wildman–Crippen MR) is 78.3 cm³/mol. The van der Waals surface area contributed by atoms with E-state index < -0.39 is 15.5 Å². The van der Waals surface area contributed by atoms with Crippen LogP contribution in [-0.4, -0.2) is 33.3 Å². The van der Waals surface area contributed by atoms with Crippen molar-refractivity contribution in [2.75, 3.05) is 19.3 Å². The van der Waals surface area contributed by atoms with Gasteiger partial charge in [0.1, 0.15) is 0 Å². The average molecular weight is 342 g/mol. The molecule has 9 heteroatoms. The first kappa shape index (κ1) is 18.3. The smallest absolute Gasteiger partial charge is 0.316 e. The normalized spacial score (nSPS) is 12.6. The number of benzene rings is 1. The lowest BCUT2D eigenvalue weighted by molar-refractivity contribution is -0.0327. The van der Waals surface area contributed by atoms with Gasteiger partial charge in [0.25, 0.3) is 0 Å². The second-order valence-electron chi connectivity index (χ2n) is 4.29. The summed E-state index contributed by atoms with van der Waals surface area (Å²) in [6.45, 7) is 0.435. The fourth-order valence-electron chi connectivity index (χ4n) is 1.59. The predicted octanol–water partition coefficient (Wildman–Crippen LogP) is 2.08. The Labute approximate surface area is 126 Å². The fraction of sp³-hybridized carbons (Fsp3) is 0.500. The van der Waals surface area contributed by atoms with E-state index in [0.29, 0.717) is 12.1 Å². The molecule has 0 spiro atoms. The van der Waals surface area contributed by atoms with Crippen molar-refractivity contribution < 1.29 is 21.6 Å². The minimum atomic E-state index is -4.34. The molecule has 0 aliphatic carbocycles. The second-order valence-corrected chi connectivity index (χ2v) is 7.26. The minimum Gasteiger partial charge on any atom is -0.316 e. The van der Waals surface area contributed by atoms with E-state index in [0.717, 1.165) is 5.56 Å². The van der Waals surface area contributed by atoms with Gasteiger partial charge >= 0.3 is 5.51 Å². The molecule has 0 bridgehead atoms. The first-order valence-electron chi connectivity index (χ1n) is 6.12. The number of rotatable bonds is 8. The van der Waals surface area contributed by atoms with Crippen LogP contribution >= 0.6 is 11.8 Å². The Kier molecular flexibility index (Phi) is 6.98. The third kappa shape index (κ3) is 8.30. The average Bonchev–Trinajstić information content (AvgIpc) is 2.36. The summed E-state index contributed by atoms with van der Waals surface area (Å²) in [5.41, 5.74) is -2.73. The van der Waals surface area contributed by atoms with Crippen LogP contribution in [0.1, 0.15) is 11.1 Å². The van der Waals surface area contributed by atoms with Gasteiger partial charge in [0, 0.05) is 18.8 Å². The van der Waals surface area contributed by atoms with Gasteiger partial charge in [0.2, 0.25) is 10.0 Å². The summed E-state index contributed by atoms with van der Waals surface area (Å²) in [7, 11) is -1.82. The van der Waals surface area contributed by atoms with Crippen molar-refractivity contribution in [2.45, 2.75) is 17.8 Å². The Morgan fingerprint density at radius 2 is 1.71 bits per heavy atom. The number of thioether (sulfide) groups is 1. The molecule has 0 aliphatic heterocycles. The van der Waals surface area contributed by atoms with Crippen molar-refractivity contribution in [1.29, 1.82) is 0 Å². The third-order valence-electron chi connectivity index (χ3n) is 2.45. The largest absolute Gasteiger partial charge is 0.441 e. The van der Waals surface area contributed by atoms with E-state index in [1.165, 1.54) is 0 Å². The molecule has 0 unspecified atom stereocenters. The van der Waals surface area contributed by atoms with Crippen LogP contribution in [0.5, 0.6) is 0 Å². The molecule has 0 atom stereocenters. The van der Waals surface area contributed by atoms with Crippen LogP contribution in [0.25, 0.3) is 0 Å². The monoisotopic (exact) mass is 342 g/mol. The van der Waals surface area contributed by atoms with Crippen LogP contribution in [0.2, 0.25) is 0 Å². The minimum absolute atomic E-state index is 0.246. The zero-order valence-electron chi connectivity index (χ0n) is 11.4. The number of alkyl halides is 3. The van der Waals surface area contributed by atoms with Crippen LogP contribution in [0.15, 0.2) is 24.3 Å². The molecule has 0 radical (unpaired) electrons. The second kappa shape index (κ2) is 8.02. The molecule has 1 aromatic rings. The molecule has 0 saturated carbocycles. The lowest BCUT2D eigenvalue weighted by Gasteiger charge is -2.08. The zero-order chi connectivity index (χ0) is 15.9. The van der Waals surface area contributed by atoms with Crippen molar-refractivity contribution in [3.63, 3.8) is 0 Å². The summed E-state index contributed by atoms with van der Waals surface area (Å²) in [4.78, 5) is 0. The van der Waals surface area contributed by atoms with Crippen molar-refractivity contribution >= 4 is 21.8 Å². The van der Waals surface area contributed by atoms with E-state index in [2.05, 4.69) is 10.0 Å². The Bertz CT molecular complexity index is 530. The summed E-state index contributed by atoms with van der Waals surface area (Å²) >= 11 is -0.246. The Balaban J connectivity index is 2.44. The number of halogens is 3. The standard InChI is InChI=1S/C12H17F3N2O2S2/c1-16-8-10-2-4-11(5-3-10)9-21(18,19)17-6-7-20-12(13,14)15/h2-5,16-17H,6-9H2,1H3. The third-order valence-corrected chi connectivity index (χ3v) is 4.54. The lowest BCUT2D eigenvalue weighted by Crippen LogP contribution is -2.28. The van der Waals surface area contributed by atoms with Gasteiger partial charge < -0.3 is 5.32 Å². The maximum atomic E-state index is 11.9. The molecule has 0 heterocycles. The van der Waals surface area contributed by atoms with Gasteiger partial charge in [-0.25, -0.2) is 13.1 Å². The van der Waals surface area contributed by atoms with Gasteiger partial charge in [-0.1, -0.05) is 24.3 Å². The number of sulfonamides is 1. The molecular formula is C12H17F3N2O2S2. The number of nitrogens with one attached hydrogen (secondary N) is 2. The van der Waals surface area contributed by atoms with Gasteiger partial charge in [-0.05, 0) is 29.9 Å². The first-order valence-corrected chi connectivity index (χ1v) is 8.76. The fourth-order valence-corrected chi connectivity index (χ4v) is 3.30. The molecule has 0 amide bonds. The molecule has 120 valence electrons. The van der Waals surface area contributed by atoms with Gasteiger partial charge in [-0.3, -0.25) is 0 Å². The molecule has 0 aromatic heterocycles. The number of hydrogen-bond donors (Lipinski definition) is 2. The van der Waals surface area contributed by atoms with E-state index >= 15 is 0 Å². The molecule has 4 nitrogen and oxygen atoms in total.